The van der Waals surface area contributed by atoms with E-state index in [9.17, 15) is 14.4 Å². The summed E-state index contributed by atoms with van der Waals surface area (Å²) in [5.74, 6) is -1.50. The van der Waals surface area contributed by atoms with Crippen LogP contribution >= 0.6 is 0 Å². The quantitative estimate of drug-likeness (QED) is 0.864. The molecule has 1 saturated heterocycles. The molecule has 0 saturated carbocycles. The van der Waals surface area contributed by atoms with Gasteiger partial charge in [0.2, 0.25) is 0 Å². The molecule has 7 nitrogen and oxygen atoms in total. The number of carbonyl (C=O) groups is 3. The van der Waals surface area contributed by atoms with Crippen molar-refractivity contribution >= 4 is 23.5 Å². The SMILES string of the molecule is Cc1c(NC(=O)c2ccc(C(=O)O)cc2)cccc1C(=O)N1CCOCC1. The topological polar surface area (TPSA) is 95.9 Å². The number of ether oxygens (including phenoxy) is 1. The Hall–Kier alpha value is -3.19. The summed E-state index contributed by atoms with van der Waals surface area (Å²) in [6.07, 6.45) is 0. The highest BCUT2D eigenvalue weighted by molar-refractivity contribution is 6.06. The van der Waals surface area contributed by atoms with Crippen LogP contribution in [0.2, 0.25) is 0 Å². The van der Waals surface area contributed by atoms with E-state index in [0.29, 0.717) is 48.7 Å². The Bertz CT molecular complexity index is 870. The van der Waals surface area contributed by atoms with Crippen LogP contribution in [0.25, 0.3) is 0 Å². The fourth-order valence-electron chi connectivity index (χ4n) is 2.90. The highest BCUT2D eigenvalue weighted by Gasteiger charge is 2.21. The van der Waals surface area contributed by atoms with Crippen molar-refractivity contribution < 1.29 is 24.2 Å². The number of morpholine rings is 1. The van der Waals surface area contributed by atoms with Gasteiger partial charge in [-0.2, -0.15) is 0 Å². The van der Waals surface area contributed by atoms with Crippen LogP contribution in [-0.4, -0.2) is 54.1 Å². The first-order valence-electron chi connectivity index (χ1n) is 8.58. The predicted molar refractivity (Wildman–Crippen MR) is 99.3 cm³/mol. The molecular weight excluding hydrogens is 348 g/mol. The molecule has 0 atom stereocenters. The van der Waals surface area contributed by atoms with Crippen LogP contribution in [0.5, 0.6) is 0 Å². The lowest BCUT2D eigenvalue weighted by Gasteiger charge is -2.27. The molecule has 1 fully saturated rings. The fraction of sp³-hybridized carbons (Fsp3) is 0.250. The largest absolute Gasteiger partial charge is 0.478 e. The molecule has 0 unspecified atom stereocenters. The number of carboxylic acids is 1. The van der Waals surface area contributed by atoms with Crippen LogP contribution in [0.1, 0.15) is 36.6 Å². The van der Waals surface area contributed by atoms with Gasteiger partial charge in [-0.3, -0.25) is 9.59 Å². The molecule has 2 aromatic rings. The first kappa shape index (κ1) is 18.6. The molecule has 2 aromatic carbocycles. The number of rotatable bonds is 4. The number of benzene rings is 2. The Morgan fingerprint density at radius 1 is 1.00 bits per heavy atom. The number of carboxylic acid groups (broad SMARTS) is 1. The molecule has 2 N–H and O–H groups in total. The van der Waals surface area contributed by atoms with Crippen molar-refractivity contribution in [2.45, 2.75) is 6.92 Å². The molecule has 140 valence electrons. The van der Waals surface area contributed by atoms with Crippen LogP contribution in [0.15, 0.2) is 42.5 Å². The number of nitrogens with one attached hydrogen (secondary N) is 1. The number of hydrogen-bond donors (Lipinski definition) is 2. The molecule has 27 heavy (non-hydrogen) atoms. The van der Waals surface area contributed by atoms with Crippen molar-refractivity contribution in [1.82, 2.24) is 4.90 Å². The number of nitrogens with zero attached hydrogens (tertiary/aromatic N) is 1. The Morgan fingerprint density at radius 2 is 1.63 bits per heavy atom. The molecule has 0 bridgehead atoms. The van der Waals surface area contributed by atoms with E-state index in [1.165, 1.54) is 24.3 Å². The first-order valence-corrected chi connectivity index (χ1v) is 8.58. The Balaban J connectivity index is 1.77. The van der Waals surface area contributed by atoms with Crippen molar-refractivity contribution in [2.75, 3.05) is 31.6 Å². The average Bonchev–Trinajstić information content (AvgIpc) is 2.69. The molecule has 1 heterocycles. The minimum absolute atomic E-state index is 0.0855. The molecule has 3 rings (SSSR count). The van der Waals surface area contributed by atoms with Gasteiger partial charge in [0, 0.05) is 29.9 Å². The summed E-state index contributed by atoms with van der Waals surface area (Å²) >= 11 is 0. The smallest absolute Gasteiger partial charge is 0.335 e. The molecule has 2 amide bonds. The van der Waals surface area contributed by atoms with Gasteiger partial charge in [-0.15, -0.1) is 0 Å². The summed E-state index contributed by atoms with van der Waals surface area (Å²) < 4.78 is 5.28. The van der Waals surface area contributed by atoms with Crippen LogP contribution < -0.4 is 5.32 Å². The third-order valence-corrected chi connectivity index (χ3v) is 4.50. The molecule has 1 aliphatic rings. The summed E-state index contributed by atoms with van der Waals surface area (Å²) in [5.41, 5.74) is 2.21. The summed E-state index contributed by atoms with van der Waals surface area (Å²) in [7, 11) is 0. The fourth-order valence-corrected chi connectivity index (χ4v) is 2.90. The van der Waals surface area contributed by atoms with Gasteiger partial charge in [0.1, 0.15) is 0 Å². The van der Waals surface area contributed by atoms with Gasteiger partial charge in [0.05, 0.1) is 18.8 Å². The molecule has 0 aliphatic carbocycles. The van der Waals surface area contributed by atoms with Crippen LogP contribution in [0, 0.1) is 6.92 Å². The zero-order valence-corrected chi connectivity index (χ0v) is 14.9. The average molecular weight is 368 g/mol. The second kappa shape index (κ2) is 8.01. The van der Waals surface area contributed by atoms with E-state index >= 15 is 0 Å². The highest BCUT2D eigenvalue weighted by Crippen LogP contribution is 2.22. The monoisotopic (exact) mass is 368 g/mol. The Morgan fingerprint density at radius 3 is 2.26 bits per heavy atom. The third-order valence-electron chi connectivity index (χ3n) is 4.50. The zero-order chi connectivity index (χ0) is 19.4. The molecule has 0 radical (unpaired) electrons. The van der Waals surface area contributed by atoms with E-state index in [1.807, 2.05) is 0 Å². The van der Waals surface area contributed by atoms with E-state index in [2.05, 4.69) is 5.32 Å². The number of amides is 2. The number of hydrogen-bond acceptors (Lipinski definition) is 4. The minimum atomic E-state index is -1.05. The second-order valence-electron chi connectivity index (χ2n) is 6.22. The number of aromatic carboxylic acids is 1. The van der Waals surface area contributed by atoms with Crippen molar-refractivity contribution in [3.63, 3.8) is 0 Å². The van der Waals surface area contributed by atoms with Gasteiger partial charge in [-0.25, -0.2) is 4.79 Å². The molecule has 1 aliphatic heterocycles. The summed E-state index contributed by atoms with van der Waals surface area (Å²) in [4.78, 5) is 37.8. The van der Waals surface area contributed by atoms with Crippen LogP contribution in [0.4, 0.5) is 5.69 Å². The lowest BCUT2D eigenvalue weighted by molar-refractivity contribution is 0.0302. The van der Waals surface area contributed by atoms with Gasteiger partial charge in [-0.1, -0.05) is 6.07 Å². The van der Waals surface area contributed by atoms with Crippen LogP contribution in [0.3, 0.4) is 0 Å². The molecular formula is C20H20N2O5. The maximum absolute atomic E-state index is 12.7. The minimum Gasteiger partial charge on any atom is -0.478 e. The third kappa shape index (κ3) is 4.15. The number of anilines is 1. The van der Waals surface area contributed by atoms with Crippen molar-refractivity contribution in [1.29, 1.82) is 0 Å². The summed E-state index contributed by atoms with van der Waals surface area (Å²) in [6, 6.07) is 10.9. The van der Waals surface area contributed by atoms with Gasteiger partial charge in [0.15, 0.2) is 0 Å². The van der Waals surface area contributed by atoms with Crippen molar-refractivity contribution in [3.8, 4) is 0 Å². The normalized spacial score (nSPS) is 13.9. The molecule has 0 spiro atoms. The lowest BCUT2D eigenvalue weighted by atomic mass is 10.0. The predicted octanol–water partition coefficient (Wildman–Crippen LogP) is 2.42. The van der Waals surface area contributed by atoms with E-state index in [-0.39, 0.29) is 17.4 Å². The lowest BCUT2D eigenvalue weighted by Crippen LogP contribution is -2.41. The molecule has 0 aromatic heterocycles. The van der Waals surface area contributed by atoms with Gasteiger partial charge >= 0.3 is 5.97 Å². The van der Waals surface area contributed by atoms with Crippen molar-refractivity contribution in [3.05, 3.63) is 64.7 Å². The van der Waals surface area contributed by atoms with E-state index in [0.717, 1.165) is 0 Å². The van der Waals surface area contributed by atoms with Gasteiger partial charge in [-0.05, 0) is 48.9 Å². The van der Waals surface area contributed by atoms with Crippen LogP contribution in [-0.2, 0) is 4.74 Å². The maximum atomic E-state index is 12.7. The Kier molecular flexibility index (Phi) is 5.52. The number of carbonyl (C=O) groups excluding carboxylic acids is 2. The van der Waals surface area contributed by atoms with Gasteiger partial charge < -0.3 is 20.1 Å². The summed E-state index contributed by atoms with van der Waals surface area (Å²) in [5, 5.41) is 11.7. The van der Waals surface area contributed by atoms with Crippen molar-refractivity contribution in [2.24, 2.45) is 0 Å². The summed E-state index contributed by atoms with van der Waals surface area (Å²) in [6.45, 7) is 3.92. The van der Waals surface area contributed by atoms with Gasteiger partial charge in [0.25, 0.3) is 11.8 Å². The highest BCUT2D eigenvalue weighted by atomic mass is 16.5. The maximum Gasteiger partial charge on any atom is 0.335 e. The Labute approximate surface area is 156 Å². The first-order chi connectivity index (χ1) is 13.0. The second-order valence-corrected chi connectivity index (χ2v) is 6.22. The van der Waals surface area contributed by atoms with E-state index in [1.54, 1.807) is 30.0 Å². The van der Waals surface area contributed by atoms with E-state index < -0.39 is 5.97 Å². The zero-order valence-electron chi connectivity index (χ0n) is 14.9. The molecule has 7 heteroatoms. The standard InChI is InChI=1S/C20H20N2O5/c1-13-16(19(24)22-9-11-27-12-10-22)3-2-4-17(13)21-18(23)14-5-7-15(8-6-14)20(25)26/h2-8H,9-12H2,1H3,(H,21,23)(H,25,26). The van der Waals surface area contributed by atoms with E-state index in [4.69, 9.17) is 9.84 Å².